The molecule has 86 valence electrons. The summed E-state index contributed by atoms with van der Waals surface area (Å²) >= 11 is 1.85. The fourth-order valence-corrected chi connectivity index (χ4v) is 2.31. The second-order valence-electron chi connectivity index (χ2n) is 3.54. The highest BCUT2D eigenvalue weighted by Crippen LogP contribution is 2.22. The highest BCUT2D eigenvalue weighted by atomic mass is 32.2. The Hall–Kier alpha value is -0.980. The number of thioether (sulfide) groups is 1. The zero-order chi connectivity index (χ0) is 11.8. The summed E-state index contributed by atoms with van der Waals surface area (Å²) in [6.07, 6.45) is 1.46. The third kappa shape index (κ3) is 3.88. The van der Waals surface area contributed by atoms with Crippen LogP contribution in [0.3, 0.4) is 0 Å². The fraction of sp³-hybridized carbons (Fsp3) is 0.462. The van der Waals surface area contributed by atoms with Crippen molar-refractivity contribution in [2.75, 3.05) is 12.8 Å². The first kappa shape index (κ1) is 13.1. The SMILES string of the molecule is CCSc1ccc(C(CCC#N)NC)cc1. The summed E-state index contributed by atoms with van der Waals surface area (Å²) in [7, 11) is 1.94. The lowest BCUT2D eigenvalue weighted by Crippen LogP contribution is -2.15. The molecule has 1 rings (SSSR count). The molecule has 0 radical (unpaired) electrons. The maximum Gasteiger partial charge on any atom is 0.0622 e. The van der Waals surface area contributed by atoms with Gasteiger partial charge in [-0.3, -0.25) is 0 Å². The molecule has 0 aliphatic carbocycles. The van der Waals surface area contributed by atoms with Crippen molar-refractivity contribution in [3.8, 4) is 6.07 Å². The molecule has 2 nitrogen and oxygen atoms in total. The average Bonchev–Trinajstić information content (AvgIpc) is 2.32. The minimum absolute atomic E-state index is 0.292. The maximum atomic E-state index is 8.59. The van der Waals surface area contributed by atoms with E-state index in [4.69, 9.17) is 5.26 Å². The van der Waals surface area contributed by atoms with Crippen molar-refractivity contribution in [3.05, 3.63) is 29.8 Å². The number of benzene rings is 1. The van der Waals surface area contributed by atoms with Crippen molar-refractivity contribution in [2.24, 2.45) is 0 Å². The lowest BCUT2D eigenvalue weighted by molar-refractivity contribution is 0.557. The van der Waals surface area contributed by atoms with Crippen molar-refractivity contribution in [1.29, 1.82) is 5.26 Å². The van der Waals surface area contributed by atoms with Crippen LogP contribution in [-0.4, -0.2) is 12.8 Å². The van der Waals surface area contributed by atoms with Crippen LogP contribution >= 0.6 is 11.8 Å². The van der Waals surface area contributed by atoms with Crippen LogP contribution in [0.2, 0.25) is 0 Å². The zero-order valence-electron chi connectivity index (χ0n) is 9.86. The summed E-state index contributed by atoms with van der Waals surface area (Å²) in [5, 5.41) is 11.8. The predicted octanol–water partition coefficient (Wildman–Crippen LogP) is 3.36. The van der Waals surface area contributed by atoms with Crippen LogP contribution in [0.4, 0.5) is 0 Å². The van der Waals surface area contributed by atoms with Crippen LogP contribution in [-0.2, 0) is 0 Å². The second-order valence-corrected chi connectivity index (χ2v) is 4.88. The standard InChI is InChI=1S/C13H18N2S/c1-3-16-12-8-6-11(7-9-12)13(15-2)5-4-10-14/h6-9,13,15H,3-5H2,1-2H3. The molecular weight excluding hydrogens is 216 g/mol. The molecule has 0 spiro atoms. The highest BCUT2D eigenvalue weighted by molar-refractivity contribution is 7.99. The monoisotopic (exact) mass is 234 g/mol. The van der Waals surface area contributed by atoms with E-state index in [2.05, 4.69) is 42.6 Å². The Labute approximate surface area is 102 Å². The number of hydrogen-bond donors (Lipinski definition) is 1. The molecule has 3 heteroatoms. The van der Waals surface area contributed by atoms with Gasteiger partial charge in [0.05, 0.1) is 6.07 Å². The van der Waals surface area contributed by atoms with Gasteiger partial charge in [-0.1, -0.05) is 19.1 Å². The van der Waals surface area contributed by atoms with Gasteiger partial charge in [-0.15, -0.1) is 11.8 Å². The van der Waals surface area contributed by atoms with Crippen molar-refractivity contribution >= 4 is 11.8 Å². The van der Waals surface area contributed by atoms with Crippen LogP contribution in [0.25, 0.3) is 0 Å². The molecule has 0 aliphatic heterocycles. The molecule has 0 amide bonds. The maximum absolute atomic E-state index is 8.59. The van der Waals surface area contributed by atoms with Gasteiger partial charge >= 0.3 is 0 Å². The Morgan fingerprint density at radius 3 is 2.56 bits per heavy atom. The van der Waals surface area contributed by atoms with Gasteiger partial charge in [0.2, 0.25) is 0 Å². The minimum Gasteiger partial charge on any atom is -0.313 e. The van der Waals surface area contributed by atoms with E-state index in [0.29, 0.717) is 12.5 Å². The Balaban J connectivity index is 2.67. The summed E-state index contributed by atoms with van der Waals surface area (Å²) in [6, 6.07) is 11.1. The first-order chi connectivity index (χ1) is 7.81. The molecule has 1 unspecified atom stereocenters. The minimum atomic E-state index is 0.292. The molecule has 0 heterocycles. The van der Waals surface area contributed by atoms with Crippen LogP contribution < -0.4 is 5.32 Å². The summed E-state index contributed by atoms with van der Waals surface area (Å²) < 4.78 is 0. The van der Waals surface area contributed by atoms with Crippen LogP contribution in [0.5, 0.6) is 0 Å². The van der Waals surface area contributed by atoms with Gasteiger partial charge in [0.25, 0.3) is 0 Å². The topological polar surface area (TPSA) is 35.8 Å². The Kier molecular flexibility index (Phi) is 5.99. The van der Waals surface area contributed by atoms with Gasteiger partial charge in [-0.2, -0.15) is 5.26 Å². The van der Waals surface area contributed by atoms with Gasteiger partial charge in [-0.05, 0) is 36.9 Å². The molecule has 0 fully saturated rings. The van der Waals surface area contributed by atoms with E-state index in [1.807, 2.05) is 18.8 Å². The molecule has 0 saturated carbocycles. The van der Waals surface area contributed by atoms with E-state index >= 15 is 0 Å². The zero-order valence-corrected chi connectivity index (χ0v) is 10.7. The molecule has 1 atom stereocenters. The summed E-state index contributed by atoms with van der Waals surface area (Å²) in [5.74, 6) is 1.10. The molecule has 1 aromatic carbocycles. The van der Waals surface area contributed by atoms with Gasteiger partial charge in [0.1, 0.15) is 0 Å². The van der Waals surface area contributed by atoms with Gasteiger partial charge in [0, 0.05) is 17.4 Å². The van der Waals surface area contributed by atoms with Crippen LogP contribution in [0, 0.1) is 11.3 Å². The van der Waals surface area contributed by atoms with Crippen molar-refractivity contribution in [2.45, 2.75) is 30.7 Å². The fourth-order valence-electron chi connectivity index (χ4n) is 1.65. The largest absolute Gasteiger partial charge is 0.313 e. The molecule has 0 aliphatic rings. The molecule has 1 N–H and O–H groups in total. The Morgan fingerprint density at radius 1 is 1.38 bits per heavy atom. The van der Waals surface area contributed by atoms with Gasteiger partial charge in [0.15, 0.2) is 0 Å². The Bertz CT molecular complexity index is 340. The normalized spacial score (nSPS) is 12.1. The second kappa shape index (κ2) is 7.32. The van der Waals surface area contributed by atoms with Crippen molar-refractivity contribution < 1.29 is 0 Å². The van der Waals surface area contributed by atoms with E-state index in [1.165, 1.54) is 10.5 Å². The van der Waals surface area contributed by atoms with Gasteiger partial charge in [-0.25, -0.2) is 0 Å². The molecule has 0 saturated heterocycles. The number of nitrogens with zero attached hydrogens (tertiary/aromatic N) is 1. The summed E-state index contributed by atoms with van der Waals surface area (Å²) in [5.41, 5.74) is 1.26. The number of nitriles is 1. The lowest BCUT2D eigenvalue weighted by atomic mass is 10.0. The predicted molar refractivity (Wildman–Crippen MR) is 69.5 cm³/mol. The average molecular weight is 234 g/mol. The lowest BCUT2D eigenvalue weighted by Gasteiger charge is -2.15. The third-order valence-corrected chi connectivity index (χ3v) is 3.38. The third-order valence-electron chi connectivity index (χ3n) is 2.49. The summed E-state index contributed by atoms with van der Waals surface area (Å²) in [6.45, 7) is 2.15. The highest BCUT2D eigenvalue weighted by Gasteiger charge is 2.08. The van der Waals surface area contributed by atoms with E-state index in [1.54, 1.807) is 0 Å². The molecule has 0 bridgehead atoms. The Morgan fingerprint density at radius 2 is 2.06 bits per heavy atom. The van der Waals surface area contributed by atoms with Crippen molar-refractivity contribution in [3.63, 3.8) is 0 Å². The van der Waals surface area contributed by atoms with Crippen molar-refractivity contribution in [1.82, 2.24) is 5.32 Å². The van der Waals surface area contributed by atoms with Crippen LogP contribution in [0.1, 0.15) is 31.4 Å². The molecular formula is C13H18N2S. The first-order valence-corrected chi connectivity index (χ1v) is 6.57. The number of rotatable bonds is 6. The van der Waals surface area contributed by atoms with E-state index in [9.17, 15) is 0 Å². The smallest absolute Gasteiger partial charge is 0.0622 e. The number of hydrogen-bond acceptors (Lipinski definition) is 3. The quantitative estimate of drug-likeness (QED) is 0.767. The first-order valence-electron chi connectivity index (χ1n) is 5.58. The van der Waals surface area contributed by atoms with Crippen LogP contribution in [0.15, 0.2) is 29.2 Å². The van der Waals surface area contributed by atoms with E-state index in [-0.39, 0.29) is 0 Å². The molecule has 16 heavy (non-hydrogen) atoms. The molecule has 1 aromatic rings. The van der Waals surface area contributed by atoms with E-state index < -0.39 is 0 Å². The molecule has 0 aromatic heterocycles. The summed E-state index contributed by atoms with van der Waals surface area (Å²) in [4.78, 5) is 1.31. The van der Waals surface area contributed by atoms with E-state index in [0.717, 1.165) is 12.2 Å². The number of nitrogens with one attached hydrogen (secondary N) is 1. The van der Waals surface area contributed by atoms with Gasteiger partial charge < -0.3 is 5.32 Å².